The lowest BCUT2D eigenvalue weighted by molar-refractivity contribution is 0.0505. The minimum atomic E-state index is -0.0283. The maximum Gasteiger partial charge on any atom is 0.254 e. The van der Waals surface area contributed by atoms with E-state index in [2.05, 4.69) is 0 Å². The summed E-state index contributed by atoms with van der Waals surface area (Å²) in [4.78, 5) is 15.5. The standard InChI is InChI=1S/C30H31N3O3/c1-22-11-9-16-26(19-22)36-30-28(23(2)31-33(30)25-14-7-4-8-15-25)21-32(20-27-17-10-18-35-27)29(34)24-12-5-3-6-13-24/h3-9,11-16,19,27H,10,17-18,20-21H2,1-2H3/t27-/m1/s1. The molecule has 1 saturated heterocycles. The van der Waals surface area contributed by atoms with Crippen LogP contribution in [0, 0.1) is 13.8 Å². The van der Waals surface area contributed by atoms with E-state index in [9.17, 15) is 4.79 Å². The van der Waals surface area contributed by atoms with Crippen LogP contribution in [0.1, 0.15) is 40.0 Å². The molecular formula is C30H31N3O3. The van der Waals surface area contributed by atoms with Gasteiger partial charge in [0.15, 0.2) is 0 Å². The Balaban J connectivity index is 1.55. The molecule has 0 bridgehead atoms. The van der Waals surface area contributed by atoms with Gasteiger partial charge in [0, 0.05) is 18.7 Å². The Morgan fingerprint density at radius 2 is 1.78 bits per heavy atom. The Morgan fingerprint density at radius 1 is 1.03 bits per heavy atom. The van der Waals surface area contributed by atoms with Crippen molar-refractivity contribution in [1.29, 1.82) is 0 Å². The Kier molecular flexibility index (Phi) is 7.14. The van der Waals surface area contributed by atoms with Gasteiger partial charge in [0.1, 0.15) is 5.75 Å². The van der Waals surface area contributed by atoms with Crippen LogP contribution in [-0.4, -0.2) is 39.8 Å². The van der Waals surface area contributed by atoms with Gasteiger partial charge in [-0.3, -0.25) is 4.79 Å². The molecule has 1 amide bonds. The van der Waals surface area contributed by atoms with Crippen molar-refractivity contribution in [3.8, 4) is 17.3 Å². The van der Waals surface area contributed by atoms with Gasteiger partial charge in [-0.05, 0) is 68.7 Å². The average Bonchev–Trinajstić information content (AvgIpc) is 3.52. The van der Waals surface area contributed by atoms with Gasteiger partial charge in [0.25, 0.3) is 5.91 Å². The number of aromatic nitrogens is 2. The van der Waals surface area contributed by atoms with Crippen LogP contribution in [-0.2, 0) is 11.3 Å². The molecule has 184 valence electrons. The minimum absolute atomic E-state index is 0.0283. The molecule has 0 spiro atoms. The number of ether oxygens (including phenoxy) is 2. The number of para-hydroxylation sites is 1. The number of benzene rings is 3. The fourth-order valence-corrected chi connectivity index (χ4v) is 4.57. The monoisotopic (exact) mass is 481 g/mol. The van der Waals surface area contributed by atoms with Crippen LogP contribution in [0.3, 0.4) is 0 Å². The Labute approximate surface area is 212 Å². The number of hydrogen-bond donors (Lipinski definition) is 0. The van der Waals surface area contributed by atoms with Gasteiger partial charge >= 0.3 is 0 Å². The largest absolute Gasteiger partial charge is 0.439 e. The van der Waals surface area contributed by atoms with Crippen molar-refractivity contribution in [2.75, 3.05) is 13.2 Å². The van der Waals surface area contributed by atoms with E-state index in [1.54, 1.807) is 0 Å². The van der Waals surface area contributed by atoms with Gasteiger partial charge in [0.05, 0.1) is 29.6 Å². The molecule has 6 heteroatoms. The Bertz CT molecular complexity index is 1310. The van der Waals surface area contributed by atoms with Crippen LogP contribution in [0.15, 0.2) is 84.9 Å². The maximum absolute atomic E-state index is 13.6. The van der Waals surface area contributed by atoms with Gasteiger partial charge in [-0.25, -0.2) is 4.68 Å². The van der Waals surface area contributed by atoms with Crippen molar-refractivity contribution in [1.82, 2.24) is 14.7 Å². The number of hydrogen-bond acceptors (Lipinski definition) is 4. The zero-order valence-electron chi connectivity index (χ0n) is 20.8. The zero-order valence-corrected chi connectivity index (χ0v) is 20.8. The van der Waals surface area contributed by atoms with E-state index in [0.29, 0.717) is 24.5 Å². The summed E-state index contributed by atoms with van der Waals surface area (Å²) in [5.74, 6) is 1.32. The molecular weight excluding hydrogens is 450 g/mol. The van der Waals surface area contributed by atoms with Gasteiger partial charge in [-0.1, -0.05) is 48.5 Å². The second kappa shape index (κ2) is 10.8. The highest BCUT2D eigenvalue weighted by Crippen LogP contribution is 2.32. The lowest BCUT2D eigenvalue weighted by atomic mass is 10.1. The topological polar surface area (TPSA) is 56.6 Å². The van der Waals surface area contributed by atoms with Gasteiger partial charge < -0.3 is 14.4 Å². The second-order valence-corrected chi connectivity index (χ2v) is 9.22. The summed E-state index contributed by atoms with van der Waals surface area (Å²) in [5, 5.41) is 4.84. The van der Waals surface area contributed by atoms with Crippen molar-refractivity contribution in [2.24, 2.45) is 0 Å². The van der Waals surface area contributed by atoms with Crippen LogP contribution in [0.4, 0.5) is 0 Å². The highest BCUT2D eigenvalue weighted by Gasteiger charge is 2.27. The molecule has 1 aliphatic heterocycles. The predicted octanol–water partition coefficient (Wildman–Crippen LogP) is 6.10. The third-order valence-corrected chi connectivity index (χ3v) is 6.45. The van der Waals surface area contributed by atoms with Crippen molar-refractivity contribution < 1.29 is 14.3 Å². The van der Waals surface area contributed by atoms with Crippen LogP contribution in [0.25, 0.3) is 5.69 Å². The van der Waals surface area contributed by atoms with E-state index in [1.165, 1.54) is 0 Å². The molecule has 1 fully saturated rings. The number of nitrogens with zero attached hydrogens (tertiary/aromatic N) is 3. The molecule has 4 aromatic rings. The van der Waals surface area contributed by atoms with E-state index in [-0.39, 0.29) is 12.0 Å². The SMILES string of the molecule is Cc1cccc(Oc2c(CN(C[C@H]3CCCO3)C(=O)c3ccccc3)c(C)nn2-c2ccccc2)c1. The number of carbonyl (C=O) groups is 1. The molecule has 0 saturated carbocycles. The normalized spacial score (nSPS) is 15.1. The first-order chi connectivity index (χ1) is 17.6. The first-order valence-electron chi connectivity index (χ1n) is 12.4. The summed E-state index contributed by atoms with van der Waals surface area (Å²) < 4.78 is 14.2. The molecule has 0 radical (unpaired) electrons. The molecule has 1 aromatic heterocycles. The molecule has 36 heavy (non-hydrogen) atoms. The zero-order chi connectivity index (χ0) is 24.9. The molecule has 0 N–H and O–H groups in total. The summed E-state index contributed by atoms with van der Waals surface area (Å²) in [7, 11) is 0. The summed E-state index contributed by atoms with van der Waals surface area (Å²) in [6.45, 7) is 5.64. The average molecular weight is 482 g/mol. The van der Waals surface area contributed by atoms with Crippen LogP contribution in [0.2, 0.25) is 0 Å². The Hall–Kier alpha value is -3.90. The molecule has 2 heterocycles. The molecule has 3 aromatic carbocycles. The van der Waals surface area contributed by atoms with E-state index < -0.39 is 0 Å². The fraction of sp³-hybridized carbons (Fsp3) is 0.267. The van der Waals surface area contributed by atoms with Gasteiger partial charge in [0.2, 0.25) is 5.88 Å². The first-order valence-corrected chi connectivity index (χ1v) is 12.4. The van der Waals surface area contributed by atoms with Gasteiger partial charge in [-0.15, -0.1) is 0 Å². The Morgan fingerprint density at radius 3 is 2.47 bits per heavy atom. The highest BCUT2D eigenvalue weighted by atomic mass is 16.5. The fourth-order valence-electron chi connectivity index (χ4n) is 4.57. The summed E-state index contributed by atoms with van der Waals surface area (Å²) >= 11 is 0. The molecule has 6 nitrogen and oxygen atoms in total. The van der Waals surface area contributed by atoms with Crippen molar-refractivity contribution in [3.63, 3.8) is 0 Å². The van der Waals surface area contributed by atoms with E-state index in [4.69, 9.17) is 14.6 Å². The van der Waals surface area contributed by atoms with Crippen LogP contribution >= 0.6 is 0 Å². The summed E-state index contributed by atoms with van der Waals surface area (Å²) in [6.07, 6.45) is 2.00. The van der Waals surface area contributed by atoms with Crippen molar-refractivity contribution in [3.05, 3.63) is 107 Å². The smallest absolute Gasteiger partial charge is 0.254 e. The van der Waals surface area contributed by atoms with E-state index in [0.717, 1.165) is 47.7 Å². The van der Waals surface area contributed by atoms with Crippen LogP contribution in [0.5, 0.6) is 11.6 Å². The van der Waals surface area contributed by atoms with Crippen molar-refractivity contribution >= 4 is 5.91 Å². The predicted molar refractivity (Wildman–Crippen MR) is 140 cm³/mol. The third-order valence-electron chi connectivity index (χ3n) is 6.45. The summed E-state index contributed by atoms with van der Waals surface area (Å²) in [6, 6.07) is 27.3. The number of rotatable bonds is 8. The highest BCUT2D eigenvalue weighted by molar-refractivity contribution is 5.94. The molecule has 0 unspecified atom stereocenters. The number of amides is 1. The lowest BCUT2D eigenvalue weighted by Crippen LogP contribution is -2.37. The van der Waals surface area contributed by atoms with Gasteiger partial charge in [-0.2, -0.15) is 5.10 Å². The second-order valence-electron chi connectivity index (χ2n) is 9.22. The first kappa shape index (κ1) is 23.8. The number of carbonyl (C=O) groups excluding carboxylic acids is 1. The molecule has 1 atom stereocenters. The minimum Gasteiger partial charge on any atom is -0.439 e. The molecule has 5 rings (SSSR count). The van der Waals surface area contributed by atoms with Crippen LogP contribution < -0.4 is 4.74 Å². The molecule has 1 aliphatic rings. The number of aryl methyl sites for hydroxylation is 2. The van der Waals surface area contributed by atoms with E-state index in [1.807, 2.05) is 108 Å². The lowest BCUT2D eigenvalue weighted by Gasteiger charge is -2.26. The maximum atomic E-state index is 13.6. The quantitative estimate of drug-likeness (QED) is 0.305. The van der Waals surface area contributed by atoms with E-state index >= 15 is 0 Å². The van der Waals surface area contributed by atoms with Crippen molar-refractivity contribution in [2.45, 2.75) is 39.3 Å². The third kappa shape index (κ3) is 5.34. The summed E-state index contributed by atoms with van der Waals surface area (Å²) in [5.41, 5.74) is 4.36. The molecule has 0 aliphatic carbocycles.